The number of carboxylic acid groups (broad SMARTS) is 1. The second-order valence-corrected chi connectivity index (χ2v) is 10.0. The number of amides is 1. The number of benzene rings is 2. The fourth-order valence-electron chi connectivity index (χ4n) is 5.58. The van der Waals surface area contributed by atoms with E-state index in [1.54, 1.807) is 12.1 Å². The van der Waals surface area contributed by atoms with Crippen molar-refractivity contribution in [3.63, 3.8) is 0 Å². The van der Waals surface area contributed by atoms with Crippen LogP contribution in [0.2, 0.25) is 0 Å². The molecule has 2 N–H and O–H groups in total. The van der Waals surface area contributed by atoms with E-state index in [2.05, 4.69) is 17.6 Å². The number of hydrogen-bond acceptors (Lipinski definition) is 7. The Labute approximate surface area is 215 Å². The van der Waals surface area contributed by atoms with Crippen molar-refractivity contribution < 1.29 is 24.3 Å². The van der Waals surface area contributed by atoms with E-state index in [4.69, 9.17) is 19.7 Å². The molecule has 3 aliphatic rings. The minimum absolute atomic E-state index is 0.0117. The van der Waals surface area contributed by atoms with Gasteiger partial charge in [-0.15, -0.1) is 0 Å². The molecule has 2 aromatic rings. The number of hydrogen-bond donors (Lipinski definition) is 2. The molecule has 3 unspecified atom stereocenters. The van der Waals surface area contributed by atoms with Gasteiger partial charge in [-0.05, 0) is 62.3 Å². The molecule has 2 aromatic carbocycles. The van der Waals surface area contributed by atoms with Crippen LogP contribution in [0.1, 0.15) is 79.6 Å². The Kier molecular flexibility index (Phi) is 6.85. The summed E-state index contributed by atoms with van der Waals surface area (Å²) in [6.07, 6.45) is 1.98. The average Bonchev–Trinajstić information content (AvgIpc) is 3.56. The first kappa shape index (κ1) is 24.8. The lowest BCUT2D eigenvalue weighted by atomic mass is 10.0. The molecule has 1 amide bonds. The quantitative estimate of drug-likeness (QED) is 0.496. The van der Waals surface area contributed by atoms with Crippen molar-refractivity contribution in [1.29, 1.82) is 5.26 Å². The lowest BCUT2D eigenvalue weighted by molar-refractivity contribution is -0.137. The van der Waals surface area contributed by atoms with Gasteiger partial charge >= 0.3 is 5.97 Å². The normalized spacial score (nSPS) is 21.9. The van der Waals surface area contributed by atoms with Crippen molar-refractivity contribution in [2.45, 2.75) is 64.3 Å². The molecule has 1 saturated heterocycles. The number of carbonyl (C=O) groups excluding carboxylic acids is 1. The number of aliphatic carboxylic acids is 1. The lowest BCUT2D eigenvalue weighted by Gasteiger charge is -2.25. The highest BCUT2D eigenvalue weighted by atomic mass is 16.7. The molecule has 0 spiro atoms. The molecule has 3 atom stereocenters. The summed E-state index contributed by atoms with van der Waals surface area (Å²) in [6, 6.07) is 13.6. The van der Waals surface area contributed by atoms with E-state index < -0.39 is 12.2 Å². The molecule has 0 saturated carbocycles. The van der Waals surface area contributed by atoms with Crippen LogP contribution in [-0.2, 0) is 20.8 Å². The van der Waals surface area contributed by atoms with Crippen LogP contribution in [0.3, 0.4) is 0 Å². The number of fused-ring (bicyclic) bond motifs is 3. The SMILES string of the molecule is CC(C)Oc1ccc(C2N=C(c3cccc4c3CC3CC(=O)N(CCCCC(=O)O)C43)NO2)cc1C#N. The predicted molar refractivity (Wildman–Crippen MR) is 135 cm³/mol. The van der Waals surface area contributed by atoms with E-state index in [-0.39, 0.29) is 30.4 Å². The molecule has 2 heterocycles. The Morgan fingerprint density at radius 2 is 2.14 bits per heavy atom. The van der Waals surface area contributed by atoms with Crippen molar-refractivity contribution >= 4 is 17.7 Å². The summed E-state index contributed by atoms with van der Waals surface area (Å²) in [7, 11) is 0. The van der Waals surface area contributed by atoms with E-state index >= 15 is 0 Å². The molecule has 37 heavy (non-hydrogen) atoms. The van der Waals surface area contributed by atoms with Gasteiger partial charge in [0.05, 0.1) is 17.7 Å². The second kappa shape index (κ2) is 10.2. The minimum atomic E-state index is -0.810. The van der Waals surface area contributed by atoms with Crippen LogP contribution < -0.4 is 10.2 Å². The minimum Gasteiger partial charge on any atom is -0.490 e. The van der Waals surface area contributed by atoms with Crippen LogP contribution in [-0.4, -0.2) is 40.4 Å². The van der Waals surface area contributed by atoms with Crippen molar-refractivity contribution in [3.8, 4) is 11.8 Å². The molecular weight excluding hydrogens is 472 g/mol. The maximum Gasteiger partial charge on any atom is 0.303 e. The summed E-state index contributed by atoms with van der Waals surface area (Å²) < 4.78 is 5.72. The standard InChI is InChI=1S/C28H30N4O5/c1-16(2)36-23-10-9-17(12-19(23)15-29)28-30-27(31-37-28)21-7-5-6-20-22(21)13-18-14-24(33)32(26(18)20)11-4-3-8-25(34)35/h5-7,9-10,12,16,18,26,28H,3-4,8,11,13-14H2,1-2H3,(H,30,31)(H,34,35). The van der Waals surface area contributed by atoms with Gasteiger partial charge in [-0.3, -0.25) is 9.59 Å². The number of rotatable bonds is 9. The number of carboxylic acids is 1. The molecule has 9 nitrogen and oxygen atoms in total. The third-order valence-corrected chi connectivity index (χ3v) is 7.12. The summed E-state index contributed by atoms with van der Waals surface area (Å²) in [4.78, 5) is 36.1. The lowest BCUT2D eigenvalue weighted by Crippen LogP contribution is -2.29. The van der Waals surface area contributed by atoms with Crippen LogP contribution in [0.15, 0.2) is 41.4 Å². The monoisotopic (exact) mass is 502 g/mol. The number of ether oxygens (including phenoxy) is 1. The summed E-state index contributed by atoms with van der Waals surface area (Å²) >= 11 is 0. The predicted octanol–water partition coefficient (Wildman–Crippen LogP) is 4.03. The van der Waals surface area contributed by atoms with E-state index in [1.807, 2.05) is 36.9 Å². The van der Waals surface area contributed by atoms with Crippen molar-refractivity contribution in [2.75, 3.05) is 6.54 Å². The van der Waals surface area contributed by atoms with E-state index in [0.717, 1.165) is 28.7 Å². The number of unbranched alkanes of at least 4 members (excludes halogenated alkanes) is 1. The van der Waals surface area contributed by atoms with E-state index in [9.17, 15) is 14.9 Å². The Morgan fingerprint density at radius 1 is 1.30 bits per heavy atom. The average molecular weight is 503 g/mol. The molecule has 5 rings (SSSR count). The first-order chi connectivity index (χ1) is 17.9. The molecule has 192 valence electrons. The molecule has 1 fully saturated rings. The van der Waals surface area contributed by atoms with E-state index in [0.29, 0.717) is 43.0 Å². The largest absolute Gasteiger partial charge is 0.490 e. The highest BCUT2D eigenvalue weighted by Gasteiger charge is 2.46. The summed E-state index contributed by atoms with van der Waals surface area (Å²) in [5.41, 5.74) is 7.39. The molecule has 0 bridgehead atoms. The number of nitriles is 1. The molecule has 9 heteroatoms. The Hall–Kier alpha value is -3.90. The zero-order valence-corrected chi connectivity index (χ0v) is 20.9. The number of nitrogens with one attached hydrogen (secondary N) is 1. The number of hydroxylamine groups is 1. The first-order valence-electron chi connectivity index (χ1n) is 12.7. The van der Waals surface area contributed by atoms with Gasteiger partial charge < -0.3 is 14.7 Å². The van der Waals surface area contributed by atoms with Crippen LogP contribution in [0.4, 0.5) is 0 Å². The topological polar surface area (TPSA) is 124 Å². The number of nitrogens with zero attached hydrogens (tertiary/aromatic N) is 3. The van der Waals surface area contributed by atoms with Crippen LogP contribution >= 0.6 is 0 Å². The maximum atomic E-state index is 12.7. The fraction of sp³-hybridized carbons (Fsp3) is 0.429. The highest BCUT2D eigenvalue weighted by molar-refractivity contribution is 6.01. The van der Waals surface area contributed by atoms with Crippen molar-refractivity contribution in [2.24, 2.45) is 10.9 Å². The molecule has 1 aliphatic carbocycles. The van der Waals surface area contributed by atoms with Crippen LogP contribution in [0.25, 0.3) is 0 Å². The highest BCUT2D eigenvalue weighted by Crippen LogP contribution is 2.48. The summed E-state index contributed by atoms with van der Waals surface area (Å²) in [6.45, 7) is 4.40. The van der Waals surface area contributed by atoms with Crippen molar-refractivity contribution in [3.05, 3.63) is 64.2 Å². The zero-order valence-electron chi connectivity index (χ0n) is 20.9. The third-order valence-electron chi connectivity index (χ3n) is 7.12. The Bertz CT molecular complexity index is 1300. The van der Waals surface area contributed by atoms with Gasteiger partial charge in [0.1, 0.15) is 11.8 Å². The molecule has 0 radical (unpaired) electrons. The molecule has 2 aliphatic heterocycles. The smallest absolute Gasteiger partial charge is 0.303 e. The van der Waals surface area contributed by atoms with Gasteiger partial charge in [0, 0.05) is 30.5 Å². The van der Waals surface area contributed by atoms with Gasteiger partial charge in [-0.1, -0.05) is 24.3 Å². The van der Waals surface area contributed by atoms with Gasteiger partial charge in [0.25, 0.3) is 0 Å². The number of amidine groups is 1. The van der Waals surface area contributed by atoms with Crippen molar-refractivity contribution in [1.82, 2.24) is 10.4 Å². The maximum absolute atomic E-state index is 12.7. The number of likely N-dealkylation sites (tertiary alicyclic amines) is 1. The van der Waals surface area contributed by atoms with Gasteiger partial charge in [-0.2, -0.15) is 5.26 Å². The first-order valence-corrected chi connectivity index (χ1v) is 12.7. The summed E-state index contributed by atoms with van der Waals surface area (Å²) in [5.74, 6) is 0.691. The number of aliphatic imine (C=N–C) groups is 1. The third kappa shape index (κ3) is 4.89. The van der Waals surface area contributed by atoms with E-state index in [1.165, 1.54) is 0 Å². The number of carbonyl (C=O) groups is 2. The Balaban J connectivity index is 1.36. The second-order valence-electron chi connectivity index (χ2n) is 10.0. The molecule has 0 aromatic heterocycles. The summed E-state index contributed by atoms with van der Waals surface area (Å²) in [5, 5.41) is 18.5. The fourth-order valence-corrected chi connectivity index (χ4v) is 5.58. The Morgan fingerprint density at radius 3 is 2.89 bits per heavy atom. The van der Waals surface area contributed by atoms with Crippen LogP contribution in [0, 0.1) is 17.2 Å². The van der Waals surface area contributed by atoms with Gasteiger partial charge in [0.15, 0.2) is 5.84 Å². The van der Waals surface area contributed by atoms with Gasteiger partial charge in [-0.25, -0.2) is 15.3 Å². The molecular formula is C28H30N4O5. The van der Waals surface area contributed by atoms with Crippen LogP contribution in [0.5, 0.6) is 5.75 Å². The zero-order chi connectivity index (χ0) is 26.1. The van der Waals surface area contributed by atoms with Gasteiger partial charge in [0.2, 0.25) is 12.1 Å².